The molecule has 3 aliphatic rings. The normalized spacial score (nSPS) is 22.0. The Kier molecular flexibility index (Phi) is 11.8. The van der Waals surface area contributed by atoms with Crippen molar-refractivity contribution in [1.29, 1.82) is 0 Å². The summed E-state index contributed by atoms with van der Waals surface area (Å²) in [4.78, 5) is 63.1. The summed E-state index contributed by atoms with van der Waals surface area (Å²) >= 11 is 0. The van der Waals surface area contributed by atoms with Gasteiger partial charge in [-0.1, -0.05) is 57.1 Å². The highest BCUT2D eigenvalue weighted by Crippen LogP contribution is 2.36. The van der Waals surface area contributed by atoms with Gasteiger partial charge in [0.05, 0.1) is 19.6 Å². The number of amides is 5. The van der Waals surface area contributed by atoms with Crippen LogP contribution in [-0.2, 0) is 27.3 Å². The van der Waals surface area contributed by atoms with Crippen LogP contribution in [0.2, 0.25) is 0 Å². The van der Waals surface area contributed by atoms with Gasteiger partial charge < -0.3 is 19.7 Å². The van der Waals surface area contributed by atoms with Crippen LogP contribution in [0.1, 0.15) is 89.7 Å². The number of β-lactam (4-membered cyclic amide) rings is 1. The number of pyridine rings is 1. The van der Waals surface area contributed by atoms with Gasteiger partial charge in [0.15, 0.2) is 0 Å². The van der Waals surface area contributed by atoms with Gasteiger partial charge in [0.25, 0.3) is 0 Å². The fourth-order valence-corrected chi connectivity index (χ4v) is 7.55. The number of imide groups is 1. The van der Waals surface area contributed by atoms with Crippen molar-refractivity contribution in [3.05, 3.63) is 53.7 Å². The number of aromatic nitrogens is 1. The Balaban J connectivity index is 1.32. The summed E-state index contributed by atoms with van der Waals surface area (Å²) in [6, 6.07) is 9.63. The van der Waals surface area contributed by atoms with Crippen LogP contribution < -0.4 is 15.0 Å². The highest BCUT2D eigenvalue weighted by molar-refractivity contribution is 6.09. The summed E-state index contributed by atoms with van der Waals surface area (Å²) in [5.74, 6) is 0.655. The van der Waals surface area contributed by atoms with Crippen molar-refractivity contribution in [2.75, 3.05) is 32.1 Å². The Labute approximate surface area is 290 Å². The topological polar surface area (TPSA) is 121 Å². The number of nitrogens with zero attached hydrogens (tertiary/aromatic N) is 4. The van der Waals surface area contributed by atoms with E-state index in [1.54, 1.807) is 51.1 Å². The maximum absolute atomic E-state index is 13.9. The van der Waals surface area contributed by atoms with Gasteiger partial charge in [-0.25, -0.2) is 14.6 Å². The number of nitrogens with one attached hydrogen (secondary N) is 1. The summed E-state index contributed by atoms with van der Waals surface area (Å²) in [6.07, 6.45) is 12.0. The Morgan fingerprint density at radius 3 is 2.27 bits per heavy atom. The molecule has 1 saturated carbocycles. The van der Waals surface area contributed by atoms with E-state index in [9.17, 15) is 19.2 Å². The lowest BCUT2D eigenvalue weighted by atomic mass is 9.78. The lowest BCUT2D eigenvalue weighted by Gasteiger charge is -2.47. The van der Waals surface area contributed by atoms with Crippen LogP contribution in [0.15, 0.2) is 42.6 Å². The van der Waals surface area contributed by atoms with Crippen LogP contribution in [0.25, 0.3) is 0 Å². The molecule has 1 aromatic heterocycles. The maximum Gasteiger partial charge on any atom is 0.416 e. The van der Waals surface area contributed by atoms with Gasteiger partial charge in [0.2, 0.25) is 11.8 Å². The SMILES string of the molecule is CNC(=O)[C@@H]1[C@@H](Cc2ccnc(N(Cc3ccc(OC)cc3)C(=O)OC(C)(C)C)c2)C(=O)N1C(=O)N1CCCC(C2CCCCCCC2)C1. The first-order chi connectivity index (χ1) is 23.5. The molecule has 1 unspecified atom stereocenters. The number of methoxy groups -OCH3 is 1. The summed E-state index contributed by atoms with van der Waals surface area (Å²) in [7, 11) is 3.12. The first-order valence-electron chi connectivity index (χ1n) is 17.9. The van der Waals surface area contributed by atoms with Crippen molar-refractivity contribution in [2.45, 2.75) is 103 Å². The Hall–Kier alpha value is -4.15. The predicted octanol–water partition coefficient (Wildman–Crippen LogP) is 6.34. The maximum atomic E-state index is 13.9. The van der Waals surface area contributed by atoms with E-state index < -0.39 is 23.7 Å². The number of likely N-dealkylation sites (N-methyl/N-ethyl adjacent to an activating group) is 1. The molecule has 1 aromatic carbocycles. The highest BCUT2D eigenvalue weighted by Gasteiger charge is 2.55. The van der Waals surface area contributed by atoms with Gasteiger partial charge in [-0.2, -0.15) is 0 Å². The summed E-state index contributed by atoms with van der Waals surface area (Å²) in [6.45, 7) is 6.84. The minimum Gasteiger partial charge on any atom is -0.497 e. The molecule has 1 aliphatic carbocycles. The standard InChI is InChI=1S/C38H53N5O6/c1-38(2,3)49-37(47)42(24-26-15-17-30(48-5)18-16-26)32-23-27(19-20-40-32)22-31-33(34(44)39-4)43(35(31)45)36(46)41-21-11-14-29(25-41)28-12-9-7-6-8-10-13-28/h15-20,23,28-29,31,33H,6-14,21-22,24-25H2,1-5H3,(H,39,44)/t29?,31-,33+/m1/s1. The van der Waals surface area contributed by atoms with E-state index in [-0.39, 0.29) is 30.8 Å². The lowest BCUT2D eigenvalue weighted by Crippen LogP contribution is -2.70. The molecule has 3 heterocycles. The van der Waals surface area contributed by atoms with E-state index in [1.165, 1.54) is 61.8 Å². The molecule has 0 radical (unpaired) electrons. The first kappa shape index (κ1) is 36.1. The van der Waals surface area contributed by atoms with Gasteiger partial charge in [-0.15, -0.1) is 0 Å². The fourth-order valence-electron chi connectivity index (χ4n) is 7.55. The summed E-state index contributed by atoms with van der Waals surface area (Å²) in [5, 5.41) is 2.67. The van der Waals surface area contributed by atoms with Crippen LogP contribution in [0.5, 0.6) is 5.75 Å². The van der Waals surface area contributed by atoms with Crippen molar-refractivity contribution < 1.29 is 28.7 Å². The number of carbonyl (C=O) groups is 4. The molecule has 3 atom stereocenters. The molecule has 2 aromatic rings. The monoisotopic (exact) mass is 675 g/mol. The molecular weight excluding hydrogens is 622 g/mol. The number of rotatable bonds is 8. The van der Waals surface area contributed by atoms with Gasteiger partial charge in [-0.3, -0.25) is 19.4 Å². The van der Waals surface area contributed by atoms with Crippen LogP contribution >= 0.6 is 0 Å². The molecular formula is C38H53N5O6. The van der Waals surface area contributed by atoms with E-state index in [1.807, 2.05) is 24.3 Å². The van der Waals surface area contributed by atoms with Gasteiger partial charge in [0, 0.05) is 26.3 Å². The molecule has 266 valence electrons. The molecule has 5 amide bonds. The van der Waals surface area contributed by atoms with Gasteiger partial charge in [-0.05, 0) is 87.3 Å². The van der Waals surface area contributed by atoms with Crippen LogP contribution in [0, 0.1) is 17.8 Å². The lowest BCUT2D eigenvalue weighted by molar-refractivity contribution is -0.158. The molecule has 1 N–H and O–H groups in total. The number of anilines is 1. The molecule has 0 bridgehead atoms. The average Bonchev–Trinajstić information content (AvgIpc) is 3.07. The molecule has 11 nitrogen and oxygen atoms in total. The van der Waals surface area contributed by atoms with Gasteiger partial charge in [0.1, 0.15) is 23.2 Å². The van der Waals surface area contributed by atoms with Crippen molar-refractivity contribution >= 4 is 29.8 Å². The number of benzene rings is 1. The van der Waals surface area contributed by atoms with Crippen LogP contribution in [-0.4, -0.2) is 77.6 Å². The molecule has 0 spiro atoms. The van der Waals surface area contributed by atoms with Crippen molar-refractivity contribution in [1.82, 2.24) is 20.1 Å². The Morgan fingerprint density at radius 1 is 0.939 bits per heavy atom. The van der Waals surface area contributed by atoms with Crippen LogP contribution in [0.3, 0.4) is 0 Å². The molecule has 2 saturated heterocycles. The second-order valence-electron chi connectivity index (χ2n) is 14.8. The van der Waals surface area contributed by atoms with Crippen LogP contribution in [0.4, 0.5) is 15.4 Å². The number of piperidine rings is 1. The third-order valence-electron chi connectivity index (χ3n) is 10.1. The molecule has 2 aliphatic heterocycles. The zero-order valence-corrected chi connectivity index (χ0v) is 29.8. The van der Waals surface area contributed by atoms with E-state index >= 15 is 0 Å². The van der Waals surface area contributed by atoms with Crippen molar-refractivity contribution in [2.24, 2.45) is 17.8 Å². The molecule has 49 heavy (non-hydrogen) atoms. The van der Waals surface area contributed by atoms with E-state index in [2.05, 4.69) is 10.3 Å². The second kappa shape index (κ2) is 16.0. The Morgan fingerprint density at radius 2 is 1.61 bits per heavy atom. The van der Waals surface area contributed by atoms with E-state index in [4.69, 9.17) is 9.47 Å². The minimum absolute atomic E-state index is 0.193. The fraction of sp³-hybridized carbons (Fsp3) is 0.605. The highest BCUT2D eigenvalue weighted by atomic mass is 16.6. The minimum atomic E-state index is -0.912. The molecule has 3 fully saturated rings. The number of ether oxygens (including phenoxy) is 2. The number of likely N-dealkylation sites (tertiary alicyclic amines) is 2. The quantitative estimate of drug-likeness (QED) is 0.324. The number of hydrogen-bond donors (Lipinski definition) is 1. The summed E-state index contributed by atoms with van der Waals surface area (Å²) in [5.41, 5.74) is 0.831. The van der Waals surface area contributed by atoms with Crippen molar-refractivity contribution in [3.8, 4) is 5.75 Å². The summed E-state index contributed by atoms with van der Waals surface area (Å²) < 4.78 is 11.0. The second-order valence-corrected chi connectivity index (χ2v) is 14.8. The number of hydrogen-bond acceptors (Lipinski definition) is 7. The predicted molar refractivity (Wildman–Crippen MR) is 187 cm³/mol. The first-order valence-corrected chi connectivity index (χ1v) is 17.9. The smallest absolute Gasteiger partial charge is 0.416 e. The molecule has 11 heteroatoms. The van der Waals surface area contributed by atoms with Crippen molar-refractivity contribution in [3.63, 3.8) is 0 Å². The average molecular weight is 676 g/mol. The van der Waals surface area contributed by atoms with E-state index in [0.29, 0.717) is 36.5 Å². The van der Waals surface area contributed by atoms with Gasteiger partial charge >= 0.3 is 12.1 Å². The molecule has 5 rings (SSSR count). The third kappa shape index (κ3) is 8.91. The third-order valence-corrected chi connectivity index (χ3v) is 10.1. The Bertz CT molecular complexity index is 1470. The number of carbonyl (C=O) groups excluding carboxylic acids is 4. The van der Waals surface area contributed by atoms with E-state index in [0.717, 1.165) is 24.0 Å². The number of urea groups is 1. The zero-order valence-electron chi connectivity index (χ0n) is 29.8. The zero-order chi connectivity index (χ0) is 35.1. The largest absolute Gasteiger partial charge is 0.497 e.